The van der Waals surface area contributed by atoms with Crippen LogP contribution in [0.3, 0.4) is 0 Å². The van der Waals surface area contributed by atoms with Crippen LogP contribution in [0.2, 0.25) is 0 Å². The molecule has 2 aromatic carbocycles. The van der Waals surface area contributed by atoms with Gasteiger partial charge in [-0.2, -0.15) is 4.39 Å². The quantitative estimate of drug-likeness (QED) is 0.571. The molecule has 0 aliphatic carbocycles. The van der Waals surface area contributed by atoms with E-state index < -0.39 is 5.95 Å². The average molecular weight is 461 g/mol. The number of amides is 1. The highest BCUT2D eigenvalue weighted by Gasteiger charge is 2.26. The van der Waals surface area contributed by atoms with Gasteiger partial charge in [-0.05, 0) is 54.7 Å². The molecule has 2 aliphatic rings. The maximum absolute atomic E-state index is 14.9. The van der Waals surface area contributed by atoms with Crippen molar-refractivity contribution in [1.29, 1.82) is 0 Å². The SMILES string of the molecule is CC(C)N1CCOCC1c1ccc(-c2cc(-c3ccc4c(c3)CCNC4=O)c(N)nc2F)cc1. The molecule has 6 nitrogen and oxygen atoms in total. The van der Waals surface area contributed by atoms with Crippen molar-refractivity contribution in [3.8, 4) is 22.3 Å². The van der Waals surface area contributed by atoms with Gasteiger partial charge >= 0.3 is 0 Å². The molecule has 34 heavy (non-hydrogen) atoms. The number of carbonyl (C=O) groups excluding carboxylic acids is 1. The van der Waals surface area contributed by atoms with Crippen molar-refractivity contribution >= 4 is 11.7 Å². The van der Waals surface area contributed by atoms with Gasteiger partial charge in [0.2, 0.25) is 5.95 Å². The fourth-order valence-electron chi connectivity index (χ4n) is 4.94. The zero-order valence-corrected chi connectivity index (χ0v) is 19.5. The lowest BCUT2D eigenvalue weighted by molar-refractivity contribution is -0.0233. The summed E-state index contributed by atoms with van der Waals surface area (Å²) < 4.78 is 20.6. The number of fused-ring (bicyclic) bond motifs is 1. The number of nitrogens with two attached hydrogens (primary N) is 1. The molecule has 0 spiro atoms. The molecule has 0 bridgehead atoms. The highest BCUT2D eigenvalue weighted by molar-refractivity contribution is 5.97. The highest BCUT2D eigenvalue weighted by atomic mass is 19.1. The molecule has 176 valence electrons. The van der Waals surface area contributed by atoms with Crippen LogP contribution in [0, 0.1) is 5.95 Å². The van der Waals surface area contributed by atoms with Crippen molar-refractivity contribution in [1.82, 2.24) is 15.2 Å². The van der Waals surface area contributed by atoms with E-state index in [4.69, 9.17) is 10.5 Å². The number of nitrogens with zero attached hydrogens (tertiary/aromatic N) is 2. The van der Waals surface area contributed by atoms with E-state index in [1.54, 1.807) is 12.1 Å². The number of carbonyl (C=O) groups is 1. The maximum Gasteiger partial charge on any atom is 0.251 e. The molecule has 5 rings (SSSR count). The molecule has 0 saturated carbocycles. The van der Waals surface area contributed by atoms with Gasteiger partial charge in [0.25, 0.3) is 5.91 Å². The Labute approximate surface area is 198 Å². The summed E-state index contributed by atoms with van der Waals surface area (Å²) >= 11 is 0. The fraction of sp³-hybridized carbons (Fsp3) is 0.333. The molecule has 1 saturated heterocycles. The summed E-state index contributed by atoms with van der Waals surface area (Å²) in [5.41, 5.74) is 11.5. The van der Waals surface area contributed by atoms with Crippen molar-refractivity contribution in [3.05, 3.63) is 71.2 Å². The van der Waals surface area contributed by atoms with Gasteiger partial charge in [-0.25, -0.2) is 4.98 Å². The van der Waals surface area contributed by atoms with Gasteiger partial charge in [0.1, 0.15) is 5.82 Å². The second-order valence-electron chi connectivity index (χ2n) is 9.18. The summed E-state index contributed by atoms with van der Waals surface area (Å²) in [6.45, 7) is 7.27. The lowest BCUT2D eigenvalue weighted by Gasteiger charge is -2.38. The van der Waals surface area contributed by atoms with Crippen molar-refractivity contribution in [2.45, 2.75) is 32.4 Å². The van der Waals surface area contributed by atoms with Crippen LogP contribution >= 0.6 is 0 Å². The maximum atomic E-state index is 14.9. The van der Waals surface area contributed by atoms with E-state index in [0.29, 0.717) is 35.9 Å². The molecule has 1 aromatic heterocycles. The van der Waals surface area contributed by atoms with Gasteiger partial charge in [0.15, 0.2) is 0 Å². The number of halogens is 1. The summed E-state index contributed by atoms with van der Waals surface area (Å²) in [7, 11) is 0. The molecule has 3 heterocycles. The van der Waals surface area contributed by atoms with Crippen molar-refractivity contribution in [2.24, 2.45) is 0 Å². The van der Waals surface area contributed by atoms with Gasteiger partial charge in [-0.15, -0.1) is 0 Å². The number of rotatable bonds is 4. The second-order valence-corrected chi connectivity index (χ2v) is 9.18. The Hall–Kier alpha value is -3.29. The standard InChI is InChI=1S/C27H29FN4O2/c1-16(2)32-11-12-34-15-24(32)18-5-3-17(4-6-18)22-14-23(26(29)31-25(22)28)19-7-8-21-20(13-19)9-10-30-27(21)33/h3-8,13-14,16,24H,9-12,15H2,1-2H3,(H2,29,31)(H,30,33). The molecular formula is C27H29FN4O2. The number of ether oxygens (including phenoxy) is 1. The number of pyridine rings is 1. The monoisotopic (exact) mass is 460 g/mol. The van der Waals surface area contributed by atoms with Crippen LogP contribution in [0.4, 0.5) is 10.2 Å². The molecule has 3 N–H and O–H groups in total. The van der Waals surface area contributed by atoms with Crippen LogP contribution in [0.5, 0.6) is 0 Å². The number of nitrogens with one attached hydrogen (secondary N) is 1. The molecule has 1 amide bonds. The van der Waals surface area contributed by atoms with Gasteiger partial charge in [-0.1, -0.05) is 36.4 Å². The van der Waals surface area contributed by atoms with E-state index in [1.165, 1.54) is 0 Å². The number of benzene rings is 2. The second kappa shape index (κ2) is 9.16. The lowest BCUT2D eigenvalue weighted by Crippen LogP contribution is -2.43. The zero-order valence-electron chi connectivity index (χ0n) is 19.5. The van der Waals surface area contributed by atoms with Crippen molar-refractivity contribution in [2.75, 3.05) is 32.0 Å². The minimum atomic E-state index is -0.601. The smallest absolute Gasteiger partial charge is 0.251 e. The third-order valence-electron chi connectivity index (χ3n) is 6.79. The number of morpholine rings is 1. The first kappa shape index (κ1) is 22.5. The van der Waals surface area contributed by atoms with E-state index >= 15 is 0 Å². The van der Waals surface area contributed by atoms with Gasteiger partial charge < -0.3 is 15.8 Å². The minimum Gasteiger partial charge on any atom is -0.383 e. The molecule has 1 atom stereocenters. The van der Waals surface area contributed by atoms with Crippen LogP contribution in [-0.2, 0) is 11.2 Å². The molecule has 2 aliphatic heterocycles. The van der Waals surface area contributed by atoms with Crippen LogP contribution in [0.25, 0.3) is 22.3 Å². The van der Waals surface area contributed by atoms with Gasteiger partial charge in [0, 0.05) is 35.8 Å². The van der Waals surface area contributed by atoms with Crippen molar-refractivity contribution in [3.63, 3.8) is 0 Å². The predicted octanol–water partition coefficient (Wildman–Crippen LogP) is 4.20. The number of hydrogen-bond acceptors (Lipinski definition) is 5. The normalized spacial score (nSPS) is 18.6. The van der Waals surface area contributed by atoms with Gasteiger partial charge in [-0.3, -0.25) is 9.69 Å². The Bertz CT molecular complexity index is 1230. The molecular weight excluding hydrogens is 431 g/mol. The van der Waals surface area contributed by atoms with E-state index in [9.17, 15) is 9.18 Å². The summed E-state index contributed by atoms with van der Waals surface area (Å²) in [6.07, 6.45) is 0.746. The van der Waals surface area contributed by atoms with Gasteiger partial charge in [0.05, 0.1) is 19.3 Å². The van der Waals surface area contributed by atoms with E-state index in [0.717, 1.165) is 41.8 Å². The number of aromatic nitrogens is 1. The number of nitrogen functional groups attached to an aromatic ring is 1. The van der Waals surface area contributed by atoms with E-state index in [-0.39, 0.29) is 17.8 Å². The predicted molar refractivity (Wildman–Crippen MR) is 131 cm³/mol. The molecule has 1 unspecified atom stereocenters. The lowest BCUT2D eigenvalue weighted by atomic mass is 9.93. The minimum absolute atomic E-state index is 0.0711. The molecule has 3 aromatic rings. The summed E-state index contributed by atoms with van der Waals surface area (Å²) in [5, 5.41) is 2.85. The Morgan fingerprint density at radius 3 is 2.62 bits per heavy atom. The first-order chi connectivity index (χ1) is 16.4. The zero-order chi connectivity index (χ0) is 23.8. The largest absolute Gasteiger partial charge is 0.383 e. The van der Waals surface area contributed by atoms with E-state index in [1.807, 2.05) is 36.4 Å². The Morgan fingerprint density at radius 2 is 1.85 bits per heavy atom. The highest BCUT2D eigenvalue weighted by Crippen LogP contribution is 2.34. The molecule has 7 heteroatoms. The summed E-state index contributed by atoms with van der Waals surface area (Å²) in [4.78, 5) is 18.5. The average Bonchev–Trinajstić information content (AvgIpc) is 2.84. The van der Waals surface area contributed by atoms with Crippen LogP contribution < -0.4 is 11.1 Å². The molecule has 1 fully saturated rings. The van der Waals surface area contributed by atoms with Crippen LogP contribution in [0.1, 0.15) is 41.4 Å². The number of anilines is 1. The summed E-state index contributed by atoms with van der Waals surface area (Å²) in [5.74, 6) is -0.542. The van der Waals surface area contributed by atoms with Crippen LogP contribution in [-0.4, -0.2) is 48.1 Å². The van der Waals surface area contributed by atoms with Crippen LogP contribution in [0.15, 0.2) is 48.5 Å². The van der Waals surface area contributed by atoms with E-state index in [2.05, 4.69) is 29.0 Å². The topological polar surface area (TPSA) is 80.5 Å². The third kappa shape index (κ3) is 4.17. The molecule has 0 radical (unpaired) electrons. The Kier molecular flexibility index (Phi) is 6.06. The first-order valence-corrected chi connectivity index (χ1v) is 11.7. The van der Waals surface area contributed by atoms with Crippen molar-refractivity contribution < 1.29 is 13.9 Å². The Balaban J connectivity index is 1.48. The fourth-order valence-corrected chi connectivity index (χ4v) is 4.94. The first-order valence-electron chi connectivity index (χ1n) is 11.7. The third-order valence-corrected chi connectivity index (χ3v) is 6.79. The summed E-state index contributed by atoms with van der Waals surface area (Å²) in [6, 6.07) is 15.9. The number of hydrogen-bond donors (Lipinski definition) is 2. The Morgan fingerprint density at radius 1 is 1.09 bits per heavy atom.